The first-order valence-corrected chi connectivity index (χ1v) is 9.24. The minimum absolute atomic E-state index is 0.166. The number of hydrogen-bond acceptors (Lipinski definition) is 2. The third-order valence-corrected chi connectivity index (χ3v) is 5.38. The van der Waals surface area contributed by atoms with E-state index >= 15 is 0 Å². The molecule has 3 rings (SSSR count). The summed E-state index contributed by atoms with van der Waals surface area (Å²) in [5, 5.41) is 8.33. The lowest BCUT2D eigenvalue weighted by atomic mass is 9.84. The third kappa shape index (κ3) is 4.31. The molecule has 1 aromatic heterocycles. The van der Waals surface area contributed by atoms with Crippen molar-refractivity contribution in [1.29, 1.82) is 0 Å². The van der Waals surface area contributed by atoms with Crippen LogP contribution in [-0.2, 0) is 11.2 Å². The minimum atomic E-state index is 0.166. The van der Waals surface area contributed by atoms with E-state index in [2.05, 4.69) is 22.5 Å². The second-order valence-corrected chi connectivity index (χ2v) is 7.31. The summed E-state index contributed by atoms with van der Waals surface area (Å²) < 4.78 is 0. The smallest absolute Gasteiger partial charge is 0.220 e. The summed E-state index contributed by atoms with van der Waals surface area (Å²) in [6.45, 7) is 5.04. The summed E-state index contributed by atoms with van der Waals surface area (Å²) in [5.41, 5.74) is 2.28. The van der Waals surface area contributed by atoms with Gasteiger partial charge in [-0.25, -0.2) is 0 Å². The maximum atomic E-state index is 12.2. The van der Waals surface area contributed by atoms with Crippen LogP contribution in [0, 0.1) is 11.8 Å². The standard InChI is InChI=1S/C19H26ClN3O/c1-13(14-4-7-21-8-5-14)10-19(24)22-9-6-15-12-23-18-3-2-16(20)11-17(15)18/h2-3,11-14,21,23H,4-10H2,1H3,(H,22,24). The van der Waals surface area contributed by atoms with Crippen molar-refractivity contribution >= 4 is 28.4 Å². The molecule has 24 heavy (non-hydrogen) atoms. The Hall–Kier alpha value is -1.52. The highest BCUT2D eigenvalue weighted by Crippen LogP contribution is 2.24. The van der Waals surface area contributed by atoms with Gasteiger partial charge in [-0.05, 0) is 68.0 Å². The van der Waals surface area contributed by atoms with Crippen LogP contribution in [0.2, 0.25) is 5.02 Å². The van der Waals surface area contributed by atoms with Crippen molar-refractivity contribution in [3.63, 3.8) is 0 Å². The lowest BCUT2D eigenvalue weighted by molar-refractivity contribution is -0.122. The van der Waals surface area contributed by atoms with Crippen LogP contribution >= 0.6 is 11.6 Å². The molecule has 1 aliphatic rings. The Morgan fingerprint density at radius 2 is 2.17 bits per heavy atom. The Morgan fingerprint density at radius 3 is 2.96 bits per heavy atom. The summed E-state index contributed by atoms with van der Waals surface area (Å²) in [6, 6.07) is 5.85. The summed E-state index contributed by atoms with van der Waals surface area (Å²) in [4.78, 5) is 15.4. The lowest BCUT2D eigenvalue weighted by Crippen LogP contribution is -2.34. The molecule has 3 N–H and O–H groups in total. The number of amides is 1. The van der Waals surface area contributed by atoms with Crippen LogP contribution in [0.4, 0.5) is 0 Å². The van der Waals surface area contributed by atoms with Gasteiger partial charge >= 0.3 is 0 Å². The number of hydrogen-bond donors (Lipinski definition) is 3. The number of rotatable bonds is 6. The number of carbonyl (C=O) groups excluding carboxylic acids is 1. The lowest BCUT2D eigenvalue weighted by Gasteiger charge is -2.27. The Morgan fingerprint density at radius 1 is 1.38 bits per heavy atom. The van der Waals surface area contributed by atoms with E-state index in [1.165, 1.54) is 18.4 Å². The molecule has 5 heteroatoms. The van der Waals surface area contributed by atoms with Gasteiger partial charge < -0.3 is 15.6 Å². The summed E-state index contributed by atoms with van der Waals surface area (Å²) in [5.74, 6) is 1.30. The van der Waals surface area contributed by atoms with Crippen LogP contribution in [0.1, 0.15) is 31.7 Å². The number of nitrogens with one attached hydrogen (secondary N) is 3. The predicted octanol–water partition coefficient (Wildman–Crippen LogP) is 3.51. The van der Waals surface area contributed by atoms with E-state index in [1.807, 2.05) is 24.4 Å². The average Bonchev–Trinajstić information content (AvgIpc) is 2.98. The number of H-pyrrole nitrogens is 1. The molecule has 1 aliphatic heterocycles. The molecule has 2 aromatic rings. The van der Waals surface area contributed by atoms with Crippen LogP contribution in [0.5, 0.6) is 0 Å². The molecule has 1 aromatic carbocycles. The normalized spacial score (nSPS) is 17.1. The molecular weight excluding hydrogens is 322 g/mol. The van der Waals surface area contributed by atoms with Crippen LogP contribution in [0.15, 0.2) is 24.4 Å². The molecule has 1 fully saturated rings. The first kappa shape index (κ1) is 17.3. The monoisotopic (exact) mass is 347 g/mol. The Labute approximate surface area is 148 Å². The summed E-state index contributed by atoms with van der Waals surface area (Å²) in [6.07, 6.45) is 5.82. The van der Waals surface area contributed by atoms with Crippen molar-refractivity contribution in [2.75, 3.05) is 19.6 Å². The van der Waals surface area contributed by atoms with Gasteiger partial charge in [0.25, 0.3) is 0 Å². The molecule has 0 aliphatic carbocycles. The number of aromatic nitrogens is 1. The van der Waals surface area contributed by atoms with Crippen molar-refractivity contribution < 1.29 is 4.79 Å². The number of fused-ring (bicyclic) bond motifs is 1. The molecule has 0 radical (unpaired) electrons. The maximum Gasteiger partial charge on any atom is 0.220 e. The van der Waals surface area contributed by atoms with Gasteiger partial charge in [0.05, 0.1) is 0 Å². The second-order valence-electron chi connectivity index (χ2n) is 6.87. The highest BCUT2D eigenvalue weighted by atomic mass is 35.5. The van der Waals surface area contributed by atoms with Gasteiger partial charge in [-0.1, -0.05) is 18.5 Å². The van der Waals surface area contributed by atoms with E-state index in [1.54, 1.807) is 0 Å². The molecule has 130 valence electrons. The fourth-order valence-corrected chi connectivity index (χ4v) is 3.81. The highest BCUT2D eigenvalue weighted by molar-refractivity contribution is 6.31. The van der Waals surface area contributed by atoms with Crippen molar-refractivity contribution in [2.45, 2.75) is 32.6 Å². The van der Waals surface area contributed by atoms with Gasteiger partial charge in [0, 0.05) is 35.1 Å². The van der Waals surface area contributed by atoms with Gasteiger partial charge in [-0.15, -0.1) is 0 Å². The molecule has 0 bridgehead atoms. The fraction of sp³-hybridized carbons (Fsp3) is 0.526. The van der Waals surface area contributed by atoms with Crippen LogP contribution in [-0.4, -0.2) is 30.5 Å². The second kappa shape index (κ2) is 8.04. The number of carbonyl (C=O) groups is 1. The topological polar surface area (TPSA) is 56.9 Å². The Bertz CT molecular complexity index is 691. The highest BCUT2D eigenvalue weighted by Gasteiger charge is 2.21. The summed E-state index contributed by atoms with van der Waals surface area (Å²) in [7, 11) is 0. The zero-order chi connectivity index (χ0) is 16.9. The number of piperidine rings is 1. The van der Waals surface area contributed by atoms with Crippen molar-refractivity contribution in [3.05, 3.63) is 35.0 Å². The molecule has 1 unspecified atom stereocenters. The fourth-order valence-electron chi connectivity index (χ4n) is 3.64. The molecule has 0 spiro atoms. The number of halogens is 1. The van der Waals surface area contributed by atoms with Crippen LogP contribution in [0.25, 0.3) is 10.9 Å². The quantitative estimate of drug-likeness (QED) is 0.749. The van der Waals surface area contributed by atoms with Crippen molar-refractivity contribution in [2.24, 2.45) is 11.8 Å². The molecule has 2 heterocycles. The molecule has 0 saturated carbocycles. The van der Waals surface area contributed by atoms with Gasteiger partial charge in [0.15, 0.2) is 0 Å². The maximum absolute atomic E-state index is 12.2. The first-order valence-electron chi connectivity index (χ1n) is 8.86. The van der Waals surface area contributed by atoms with Gasteiger partial charge in [-0.3, -0.25) is 4.79 Å². The zero-order valence-corrected chi connectivity index (χ0v) is 15.0. The van der Waals surface area contributed by atoms with Crippen molar-refractivity contribution in [3.8, 4) is 0 Å². The number of aromatic amines is 1. The predicted molar refractivity (Wildman–Crippen MR) is 99.4 cm³/mol. The Balaban J connectivity index is 1.46. The molecule has 4 nitrogen and oxygen atoms in total. The van der Waals surface area contributed by atoms with E-state index in [9.17, 15) is 4.79 Å². The van der Waals surface area contributed by atoms with Crippen LogP contribution in [0.3, 0.4) is 0 Å². The Kier molecular flexibility index (Phi) is 5.80. The van der Waals surface area contributed by atoms with E-state index in [0.717, 1.165) is 35.4 Å². The minimum Gasteiger partial charge on any atom is -0.361 e. The van der Waals surface area contributed by atoms with Crippen LogP contribution < -0.4 is 10.6 Å². The van der Waals surface area contributed by atoms with Gasteiger partial charge in [-0.2, -0.15) is 0 Å². The average molecular weight is 348 g/mol. The van der Waals surface area contributed by atoms with Gasteiger partial charge in [0.1, 0.15) is 0 Å². The van der Waals surface area contributed by atoms with Crippen molar-refractivity contribution in [1.82, 2.24) is 15.6 Å². The van der Waals surface area contributed by atoms with E-state index < -0.39 is 0 Å². The number of benzene rings is 1. The first-order chi connectivity index (χ1) is 11.6. The third-order valence-electron chi connectivity index (χ3n) is 5.14. The molecular formula is C19H26ClN3O. The largest absolute Gasteiger partial charge is 0.361 e. The molecule has 1 saturated heterocycles. The SMILES string of the molecule is CC(CC(=O)NCCc1c[nH]c2ccc(Cl)cc12)C1CCNCC1. The van der Waals surface area contributed by atoms with Gasteiger partial charge in [0.2, 0.25) is 5.91 Å². The zero-order valence-electron chi connectivity index (χ0n) is 14.2. The van der Waals surface area contributed by atoms with E-state index in [4.69, 9.17) is 11.6 Å². The molecule has 1 amide bonds. The summed E-state index contributed by atoms with van der Waals surface area (Å²) >= 11 is 6.08. The van der Waals surface area contributed by atoms with E-state index in [-0.39, 0.29) is 5.91 Å². The molecule has 1 atom stereocenters. The van der Waals surface area contributed by atoms with E-state index in [0.29, 0.717) is 24.8 Å².